The zero-order chi connectivity index (χ0) is 13.7. The Balaban J connectivity index is 1.97. The number of carbonyl (C=O) groups excluding carboxylic acids is 1. The zero-order valence-corrected chi connectivity index (χ0v) is 11.6. The summed E-state index contributed by atoms with van der Waals surface area (Å²) in [6.45, 7) is 0. The Morgan fingerprint density at radius 2 is 1.68 bits per heavy atom. The van der Waals surface area contributed by atoms with Crippen molar-refractivity contribution in [1.82, 2.24) is 0 Å². The van der Waals surface area contributed by atoms with Gasteiger partial charge in [-0.15, -0.1) is 0 Å². The molecule has 2 N–H and O–H groups in total. The number of halogens is 1. The summed E-state index contributed by atoms with van der Waals surface area (Å²) >= 11 is 3.35. The van der Waals surface area contributed by atoms with Crippen molar-refractivity contribution < 1.29 is 9.90 Å². The van der Waals surface area contributed by atoms with Crippen molar-refractivity contribution in [3.05, 3.63) is 70.8 Å². The van der Waals surface area contributed by atoms with Crippen LogP contribution in [-0.2, 0) is 0 Å². The molecule has 0 bridgehead atoms. The number of phenols is 1. The average Bonchev–Trinajstić information content (AvgIpc) is 2.41. The molecule has 2 aromatic carbocycles. The minimum Gasteiger partial charge on any atom is -0.508 e. The molecule has 0 saturated carbocycles. The quantitative estimate of drug-likeness (QED) is 0.662. The van der Waals surface area contributed by atoms with Crippen LogP contribution in [-0.4, -0.2) is 10.9 Å². The number of ketones is 1. The molecule has 3 nitrogen and oxygen atoms in total. The first-order valence-electron chi connectivity index (χ1n) is 5.67. The van der Waals surface area contributed by atoms with Gasteiger partial charge in [-0.2, -0.15) is 0 Å². The average molecular weight is 318 g/mol. The Kier molecular flexibility index (Phi) is 4.36. The number of benzene rings is 2. The van der Waals surface area contributed by atoms with E-state index in [-0.39, 0.29) is 11.5 Å². The molecule has 0 unspecified atom stereocenters. The van der Waals surface area contributed by atoms with Gasteiger partial charge in [0, 0.05) is 28.0 Å². The van der Waals surface area contributed by atoms with Gasteiger partial charge >= 0.3 is 0 Å². The van der Waals surface area contributed by atoms with Crippen LogP contribution in [0.4, 0.5) is 5.69 Å². The second kappa shape index (κ2) is 6.20. The van der Waals surface area contributed by atoms with Crippen molar-refractivity contribution in [1.29, 1.82) is 0 Å². The van der Waals surface area contributed by atoms with Crippen molar-refractivity contribution in [3.8, 4) is 5.75 Å². The number of hydrogen-bond acceptors (Lipinski definition) is 3. The number of hydrogen-bond donors (Lipinski definition) is 2. The summed E-state index contributed by atoms with van der Waals surface area (Å²) in [5.74, 6) is 0.0260. The van der Waals surface area contributed by atoms with E-state index >= 15 is 0 Å². The fourth-order valence-electron chi connectivity index (χ4n) is 1.48. The third-order valence-corrected chi connectivity index (χ3v) is 3.01. The molecule has 96 valence electrons. The molecule has 0 saturated heterocycles. The molecular formula is C15H12BrNO2. The van der Waals surface area contributed by atoms with Crippen LogP contribution in [0.15, 0.2) is 65.3 Å². The van der Waals surface area contributed by atoms with E-state index in [0.29, 0.717) is 5.56 Å². The van der Waals surface area contributed by atoms with Crippen LogP contribution in [0.3, 0.4) is 0 Å². The minimum atomic E-state index is -0.121. The molecular weight excluding hydrogens is 306 g/mol. The van der Waals surface area contributed by atoms with Gasteiger partial charge < -0.3 is 10.4 Å². The van der Waals surface area contributed by atoms with E-state index in [4.69, 9.17) is 5.11 Å². The maximum atomic E-state index is 11.8. The molecule has 0 amide bonds. The molecule has 0 aliphatic rings. The molecule has 0 fully saturated rings. The van der Waals surface area contributed by atoms with Crippen molar-refractivity contribution in [2.45, 2.75) is 0 Å². The zero-order valence-electron chi connectivity index (χ0n) is 10.0. The summed E-state index contributed by atoms with van der Waals surface area (Å²) in [5.41, 5.74) is 1.43. The predicted octanol–water partition coefficient (Wildman–Crippen LogP) is 3.96. The molecule has 0 atom stereocenters. The van der Waals surface area contributed by atoms with Gasteiger partial charge in [0.25, 0.3) is 0 Å². The predicted molar refractivity (Wildman–Crippen MR) is 79.3 cm³/mol. The Labute approximate surface area is 119 Å². The third-order valence-electron chi connectivity index (χ3n) is 2.48. The molecule has 0 aliphatic heterocycles. The molecule has 0 radical (unpaired) electrons. The van der Waals surface area contributed by atoms with E-state index in [1.807, 2.05) is 24.3 Å². The first kappa shape index (κ1) is 13.4. The molecule has 0 aromatic heterocycles. The monoisotopic (exact) mass is 317 g/mol. The number of rotatable bonds is 4. The summed E-state index contributed by atoms with van der Waals surface area (Å²) in [6.07, 6.45) is 3.05. The first-order valence-corrected chi connectivity index (χ1v) is 6.46. The van der Waals surface area contributed by atoms with Crippen LogP contribution < -0.4 is 5.32 Å². The van der Waals surface area contributed by atoms with Crippen LogP contribution in [0.1, 0.15) is 10.4 Å². The number of phenolic OH excluding ortho intramolecular Hbond substituents is 1. The number of aromatic hydroxyl groups is 1. The minimum absolute atomic E-state index is 0.121. The summed E-state index contributed by atoms with van der Waals surface area (Å²) in [7, 11) is 0. The van der Waals surface area contributed by atoms with Crippen LogP contribution >= 0.6 is 15.9 Å². The van der Waals surface area contributed by atoms with Crippen LogP contribution in [0.2, 0.25) is 0 Å². The summed E-state index contributed by atoms with van der Waals surface area (Å²) in [5, 5.41) is 12.2. The number of carbonyl (C=O) groups is 1. The molecule has 4 heteroatoms. The Bertz CT molecular complexity index is 589. The standard InChI is InChI=1S/C15H12BrNO2/c16-12-3-5-13(6-4-12)17-10-9-15(19)11-1-7-14(18)8-2-11/h1-10,17-18H/b10-9+. The lowest BCUT2D eigenvalue weighted by Gasteiger charge is -2.00. The maximum absolute atomic E-state index is 11.8. The van der Waals surface area contributed by atoms with Gasteiger partial charge in [-0.25, -0.2) is 0 Å². The number of allylic oxidation sites excluding steroid dienone is 1. The Hall–Kier alpha value is -2.07. The summed E-state index contributed by atoms with van der Waals surface area (Å²) < 4.78 is 1.00. The molecule has 2 aromatic rings. The van der Waals surface area contributed by atoms with Gasteiger partial charge in [-0.3, -0.25) is 4.79 Å². The van der Waals surface area contributed by atoms with E-state index in [1.54, 1.807) is 18.3 Å². The van der Waals surface area contributed by atoms with E-state index in [9.17, 15) is 4.79 Å². The molecule has 2 rings (SSSR count). The van der Waals surface area contributed by atoms with Gasteiger partial charge in [0.05, 0.1) is 0 Å². The largest absolute Gasteiger partial charge is 0.508 e. The molecule has 0 spiro atoms. The van der Waals surface area contributed by atoms with Crippen LogP contribution in [0.25, 0.3) is 0 Å². The van der Waals surface area contributed by atoms with E-state index in [0.717, 1.165) is 10.2 Å². The van der Waals surface area contributed by atoms with Crippen molar-refractivity contribution >= 4 is 27.4 Å². The second-order valence-electron chi connectivity index (χ2n) is 3.90. The molecule has 0 aliphatic carbocycles. The highest BCUT2D eigenvalue weighted by Crippen LogP contribution is 2.14. The second-order valence-corrected chi connectivity index (χ2v) is 4.81. The van der Waals surface area contributed by atoms with Gasteiger partial charge in [0.15, 0.2) is 5.78 Å². The Morgan fingerprint density at radius 3 is 2.32 bits per heavy atom. The van der Waals surface area contributed by atoms with Crippen molar-refractivity contribution in [2.24, 2.45) is 0 Å². The van der Waals surface area contributed by atoms with Crippen molar-refractivity contribution in [3.63, 3.8) is 0 Å². The SMILES string of the molecule is O=C(/C=C/Nc1ccc(Br)cc1)c1ccc(O)cc1. The lowest BCUT2D eigenvalue weighted by molar-refractivity contribution is 0.104. The highest BCUT2D eigenvalue weighted by atomic mass is 79.9. The lowest BCUT2D eigenvalue weighted by atomic mass is 10.1. The van der Waals surface area contributed by atoms with E-state index in [2.05, 4.69) is 21.2 Å². The Morgan fingerprint density at radius 1 is 1.05 bits per heavy atom. The normalized spacial score (nSPS) is 10.6. The fourth-order valence-corrected chi connectivity index (χ4v) is 1.75. The van der Waals surface area contributed by atoms with E-state index < -0.39 is 0 Å². The molecule has 0 heterocycles. The van der Waals surface area contributed by atoms with Crippen LogP contribution in [0.5, 0.6) is 5.75 Å². The number of nitrogens with one attached hydrogen (secondary N) is 1. The number of anilines is 1. The smallest absolute Gasteiger partial charge is 0.187 e. The summed E-state index contributed by atoms with van der Waals surface area (Å²) in [4.78, 5) is 11.8. The topological polar surface area (TPSA) is 49.3 Å². The van der Waals surface area contributed by atoms with Gasteiger partial charge in [0.2, 0.25) is 0 Å². The van der Waals surface area contributed by atoms with Crippen molar-refractivity contribution in [2.75, 3.05) is 5.32 Å². The highest BCUT2D eigenvalue weighted by molar-refractivity contribution is 9.10. The van der Waals surface area contributed by atoms with Gasteiger partial charge in [0.1, 0.15) is 5.75 Å². The van der Waals surface area contributed by atoms with E-state index in [1.165, 1.54) is 18.2 Å². The van der Waals surface area contributed by atoms with Crippen LogP contribution in [0, 0.1) is 0 Å². The van der Waals surface area contributed by atoms with Gasteiger partial charge in [-0.1, -0.05) is 15.9 Å². The lowest BCUT2D eigenvalue weighted by Crippen LogP contribution is -1.95. The third kappa shape index (κ3) is 3.96. The van der Waals surface area contributed by atoms with Gasteiger partial charge in [-0.05, 0) is 48.5 Å². The highest BCUT2D eigenvalue weighted by Gasteiger charge is 2.00. The maximum Gasteiger partial charge on any atom is 0.187 e. The fraction of sp³-hybridized carbons (Fsp3) is 0. The first-order chi connectivity index (χ1) is 9.15. The summed E-state index contributed by atoms with van der Waals surface area (Å²) in [6, 6.07) is 13.8. The molecule has 19 heavy (non-hydrogen) atoms.